The van der Waals surface area contributed by atoms with E-state index in [9.17, 15) is 19.2 Å². The number of amides is 4. The predicted octanol–water partition coefficient (Wildman–Crippen LogP) is 4.92. The molecule has 2 rings (SSSR count). The maximum Gasteiger partial charge on any atom is 0.408 e. The van der Waals surface area contributed by atoms with Gasteiger partial charge in [-0.25, -0.2) is 4.79 Å². The van der Waals surface area contributed by atoms with Crippen molar-refractivity contribution in [3.05, 3.63) is 59.7 Å². The molecule has 0 aliphatic heterocycles. The standard InChI is InChI=1S/C33H44N4O6/c1-7-9-10-11-22-37(31(40)27(20-21-28(34)38)36-32(41)43-33(3,4)5)29(24-14-12-23(8-2)13-15-24)30(39)35-25-16-18-26(42-6)19-17-25/h2,12-19,27,29H,7,9-11,20-22H2,1,3-6H3,(H2,34,38)(H,35,39)(H,36,41). The summed E-state index contributed by atoms with van der Waals surface area (Å²) in [4.78, 5) is 54.2. The second kappa shape index (κ2) is 16.8. The molecule has 2 aromatic carbocycles. The van der Waals surface area contributed by atoms with E-state index in [1.165, 1.54) is 4.90 Å². The quantitative estimate of drug-likeness (QED) is 0.198. The number of nitrogens with zero attached hydrogens (tertiary/aromatic N) is 1. The van der Waals surface area contributed by atoms with Gasteiger partial charge >= 0.3 is 6.09 Å². The lowest BCUT2D eigenvalue weighted by Gasteiger charge is -2.34. The molecule has 0 aliphatic rings. The van der Waals surface area contributed by atoms with Crippen LogP contribution in [0.15, 0.2) is 48.5 Å². The minimum Gasteiger partial charge on any atom is -0.497 e. The van der Waals surface area contributed by atoms with Gasteiger partial charge in [-0.3, -0.25) is 14.4 Å². The molecule has 0 saturated carbocycles. The Bertz CT molecular complexity index is 1260. The fourth-order valence-corrected chi connectivity index (χ4v) is 4.39. The summed E-state index contributed by atoms with van der Waals surface area (Å²) < 4.78 is 10.6. The first-order chi connectivity index (χ1) is 20.4. The second-order valence-corrected chi connectivity index (χ2v) is 11.2. The Morgan fingerprint density at radius 1 is 1.00 bits per heavy atom. The van der Waals surface area contributed by atoms with Crippen molar-refractivity contribution < 1.29 is 28.7 Å². The van der Waals surface area contributed by atoms with Gasteiger partial charge in [0.25, 0.3) is 5.91 Å². The molecule has 0 spiro atoms. The van der Waals surface area contributed by atoms with E-state index in [0.29, 0.717) is 29.0 Å². The van der Waals surface area contributed by atoms with E-state index in [1.54, 1.807) is 76.4 Å². The average Bonchev–Trinajstić information content (AvgIpc) is 2.96. The van der Waals surface area contributed by atoms with Crippen molar-refractivity contribution in [3.63, 3.8) is 0 Å². The molecule has 43 heavy (non-hydrogen) atoms. The number of hydrogen-bond acceptors (Lipinski definition) is 6. The number of ether oxygens (including phenoxy) is 2. The number of nitrogens with two attached hydrogens (primary N) is 1. The van der Waals surface area contributed by atoms with Crippen LogP contribution in [-0.4, -0.2) is 54.0 Å². The topological polar surface area (TPSA) is 140 Å². The highest BCUT2D eigenvalue weighted by Gasteiger charge is 2.36. The first-order valence-corrected chi connectivity index (χ1v) is 14.5. The van der Waals surface area contributed by atoms with E-state index >= 15 is 0 Å². The lowest BCUT2D eigenvalue weighted by molar-refractivity contribution is -0.141. The second-order valence-electron chi connectivity index (χ2n) is 11.2. The average molecular weight is 593 g/mol. The van der Waals surface area contributed by atoms with E-state index in [-0.39, 0.29) is 19.4 Å². The summed E-state index contributed by atoms with van der Waals surface area (Å²) in [6.07, 6.45) is 7.88. The number of carbonyl (C=O) groups excluding carboxylic acids is 4. The zero-order valence-electron chi connectivity index (χ0n) is 25.8. The molecule has 4 amide bonds. The van der Waals surface area contributed by atoms with Crippen LogP contribution in [0.4, 0.5) is 10.5 Å². The van der Waals surface area contributed by atoms with Gasteiger partial charge in [0.2, 0.25) is 11.8 Å². The molecule has 232 valence electrons. The largest absolute Gasteiger partial charge is 0.497 e. The number of terminal acetylenes is 1. The summed E-state index contributed by atoms with van der Waals surface area (Å²) in [5.74, 6) is 1.55. The molecule has 10 heteroatoms. The first-order valence-electron chi connectivity index (χ1n) is 14.5. The number of unbranched alkanes of at least 4 members (excludes halogenated alkanes) is 3. The smallest absolute Gasteiger partial charge is 0.408 e. The zero-order valence-corrected chi connectivity index (χ0v) is 25.8. The third kappa shape index (κ3) is 11.7. The Kier molecular flexibility index (Phi) is 13.6. The number of nitrogens with one attached hydrogen (secondary N) is 2. The van der Waals surface area contributed by atoms with Gasteiger partial charge in [-0.05, 0) is 75.6 Å². The number of primary amides is 1. The van der Waals surface area contributed by atoms with Gasteiger partial charge in [-0.1, -0.05) is 44.2 Å². The molecule has 0 fully saturated rings. The van der Waals surface area contributed by atoms with Crippen LogP contribution < -0.4 is 21.1 Å². The highest BCUT2D eigenvalue weighted by molar-refractivity contribution is 5.99. The van der Waals surface area contributed by atoms with Crippen LogP contribution in [0.3, 0.4) is 0 Å². The van der Waals surface area contributed by atoms with Gasteiger partial charge in [-0.2, -0.15) is 0 Å². The zero-order chi connectivity index (χ0) is 32.0. The lowest BCUT2D eigenvalue weighted by atomic mass is 9.99. The first kappa shape index (κ1) is 34.7. The number of methoxy groups -OCH3 is 1. The monoisotopic (exact) mass is 592 g/mol. The molecule has 2 unspecified atom stereocenters. The van der Waals surface area contributed by atoms with E-state index in [0.717, 1.165) is 19.3 Å². The molecular weight excluding hydrogens is 548 g/mol. The molecule has 0 heterocycles. The van der Waals surface area contributed by atoms with Crippen molar-refractivity contribution in [1.82, 2.24) is 10.2 Å². The number of anilines is 1. The van der Waals surface area contributed by atoms with Gasteiger partial charge < -0.3 is 30.7 Å². The van der Waals surface area contributed by atoms with Crippen LogP contribution >= 0.6 is 0 Å². The highest BCUT2D eigenvalue weighted by Crippen LogP contribution is 2.27. The Balaban J connectivity index is 2.56. The van der Waals surface area contributed by atoms with Crippen molar-refractivity contribution in [2.45, 2.75) is 83.9 Å². The van der Waals surface area contributed by atoms with E-state index in [1.807, 2.05) is 0 Å². The fourth-order valence-electron chi connectivity index (χ4n) is 4.39. The molecular formula is C33H44N4O6. The predicted molar refractivity (Wildman–Crippen MR) is 166 cm³/mol. The molecule has 0 radical (unpaired) electrons. The van der Waals surface area contributed by atoms with E-state index in [4.69, 9.17) is 21.6 Å². The Morgan fingerprint density at radius 3 is 2.19 bits per heavy atom. The molecule has 0 bridgehead atoms. The summed E-state index contributed by atoms with van der Waals surface area (Å²) in [5.41, 5.74) is 6.23. The molecule has 2 atom stereocenters. The third-order valence-electron chi connectivity index (χ3n) is 6.51. The molecule has 0 aromatic heterocycles. The van der Waals surface area contributed by atoms with Crippen molar-refractivity contribution in [3.8, 4) is 18.1 Å². The number of rotatable bonds is 15. The van der Waals surface area contributed by atoms with Crippen LogP contribution in [0.2, 0.25) is 0 Å². The van der Waals surface area contributed by atoms with E-state index < -0.39 is 41.5 Å². The van der Waals surface area contributed by atoms with Crippen molar-refractivity contribution in [2.24, 2.45) is 5.73 Å². The summed E-state index contributed by atoms with van der Waals surface area (Å²) in [6, 6.07) is 11.4. The van der Waals surface area contributed by atoms with Crippen molar-refractivity contribution >= 4 is 29.5 Å². The minimum atomic E-state index is -1.17. The molecule has 2 aromatic rings. The van der Waals surface area contributed by atoms with Gasteiger partial charge in [0.15, 0.2) is 0 Å². The van der Waals surface area contributed by atoms with Gasteiger partial charge in [0.05, 0.1) is 7.11 Å². The van der Waals surface area contributed by atoms with Gasteiger partial charge in [0.1, 0.15) is 23.4 Å². The summed E-state index contributed by atoms with van der Waals surface area (Å²) in [7, 11) is 1.55. The van der Waals surface area contributed by atoms with Crippen LogP contribution in [0, 0.1) is 12.3 Å². The SMILES string of the molecule is C#Cc1ccc(C(C(=O)Nc2ccc(OC)cc2)N(CCCCCC)C(=O)C(CCC(N)=O)NC(=O)OC(C)(C)C)cc1. The summed E-state index contributed by atoms with van der Waals surface area (Å²) in [6.45, 7) is 7.40. The molecule has 0 saturated heterocycles. The van der Waals surface area contributed by atoms with Crippen LogP contribution in [0.5, 0.6) is 5.75 Å². The van der Waals surface area contributed by atoms with Crippen LogP contribution in [-0.2, 0) is 19.1 Å². The Morgan fingerprint density at radius 2 is 1.65 bits per heavy atom. The molecule has 4 N–H and O–H groups in total. The third-order valence-corrected chi connectivity index (χ3v) is 6.51. The highest BCUT2D eigenvalue weighted by atomic mass is 16.6. The summed E-state index contributed by atoms with van der Waals surface area (Å²) in [5, 5.41) is 5.51. The Labute approximate surface area is 254 Å². The minimum absolute atomic E-state index is 0.0677. The van der Waals surface area contributed by atoms with Crippen molar-refractivity contribution in [1.29, 1.82) is 0 Å². The number of hydrogen-bond donors (Lipinski definition) is 3. The normalized spacial score (nSPS) is 12.3. The van der Waals surface area contributed by atoms with Gasteiger partial charge in [-0.15, -0.1) is 6.42 Å². The maximum atomic E-state index is 14.3. The maximum absolute atomic E-state index is 14.3. The fraction of sp³-hybridized carbons (Fsp3) is 0.455. The lowest BCUT2D eigenvalue weighted by Crippen LogP contribution is -2.52. The van der Waals surface area contributed by atoms with Crippen molar-refractivity contribution in [2.75, 3.05) is 19.0 Å². The number of carbonyl (C=O) groups is 4. The summed E-state index contributed by atoms with van der Waals surface area (Å²) >= 11 is 0. The van der Waals surface area contributed by atoms with Crippen LogP contribution in [0.1, 0.15) is 83.4 Å². The Hall–Kier alpha value is -4.52. The van der Waals surface area contributed by atoms with Crippen LogP contribution in [0.25, 0.3) is 0 Å². The number of benzene rings is 2. The molecule has 0 aliphatic carbocycles. The van der Waals surface area contributed by atoms with Gasteiger partial charge in [0, 0.05) is 24.2 Å². The van der Waals surface area contributed by atoms with E-state index in [2.05, 4.69) is 23.5 Å². The molecule has 10 nitrogen and oxygen atoms in total. The number of alkyl carbamates (subject to hydrolysis) is 1.